The lowest BCUT2D eigenvalue weighted by Crippen LogP contribution is -2.28. The molecule has 0 radical (unpaired) electrons. The van der Waals surface area contributed by atoms with E-state index in [1.165, 1.54) is 11.9 Å². The average molecular weight is 364 g/mol. The molecule has 0 atom stereocenters. The summed E-state index contributed by atoms with van der Waals surface area (Å²) >= 11 is 0. The highest BCUT2D eigenvalue weighted by atomic mass is 16.5. The van der Waals surface area contributed by atoms with Crippen molar-refractivity contribution in [2.24, 2.45) is 0 Å². The van der Waals surface area contributed by atoms with Crippen LogP contribution in [0.5, 0.6) is 11.5 Å². The second-order valence-electron chi connectivity index (χ2n) is 6.36. The number of benzene rings is 2. The quantitative estimate of drug-likeness (QED) is 0.693. The van der Waals surface area contributed by atoms with Gasteiger partial charge in [-0.1, -0.05) is 30.3 Å². The first-order valence-electron chi connectivity index (χ1n) is 8.63. The third-order valence-electron chi connectivity index (χ3n) is 4.63. The SMILES string of the molecule is COc1cc2ncnc(N3CN(Cc4ccccc4)CC3=O)c2cc1OC. The van der Waals surface area contributed by atoms with Crippen molar-refractivity contribution in [1.29, 1.82) is 0 Å². The maximum absolute atomic E-state index is 12.7. The van der Waals surface area contributed by atoms with Gasteiger partial charge in [-0.05, 0) is 11.6 Å². The summed E-state index contributed by atoms with van der Waals surface area (Å²) in [6, 6.07) is 13.7. The number of ether oxygens (including phenoxy) is 2. The molecule has 1 aliphatic heterocycles. The Balaban J connectivity index is 1.66. The van der Waals surface area contributed by atoms with Crippen LogP contribution in [-0.2, 0) is 11.3 Å². The molecule has 1 amide bonds. The van der Waals surface area contributed by atoms with Crippen molar-refractivity contribution in [3.05, 3.63) is 54.4 Å². The van der Waals surface area contributed by atoms with Crippen LogP contribution < -0.4 is 14.4 Å². The normalized spacial score (nSPS) is 14.7. The lowest BCUT2D eigenvalue weighted by Gasteiger charge is -2.19. The molecule has 138 valence electrons. The molecule has 4 rings (SSSR count). The Hall–Kier alpha value is -3.19. The molecule has 7 nitrogen and oxygen atoms in total. The van der Waals surface area contributed by atoms with E-state index >= 15 is 0 Å². The number of fused-ring (bicyclic) bond motifs is 1. The van der Waals surface area contributed by atoms with Gasteiger partial charge in [0.05, 0.1) is 32.9 Å². The number of nitrogens with zero attached hydrogens (tertiary/aromatic N) is 4. The number of aromatic nitrogens is 2. The largest absolute Gasteiger partial charge is 0.493 e. The molecule has 7 heteroatoms. The van der Waals surface area contributed by atoms with Crippen LogP contribution >= 0.6 is 0 Å². The van der Waals surface area contributed by atoms with Crippen LogP contribution in [0.4, 0.5) is 5.82 Å². The number of anilines is 1. The van der Waals surface area contributed by atoms with E-state index < -0.39 is 0 Å². The van der Waals surface area contributed by atoms with E-state index in [-0.39, 0.29) is 5.91 Å². The number of hydrogen-bond donors (Lipinski definition) is 0. The van der Waals surface area contributed by atoms with E-state index in [4.69, 9.17) is 9.47 Å². The number of carbonyl (C=O) groups excluding carboxylic acids is 1. The Labute approximate surface area is 157 Å². The van der Waals surface area contributed by atoms with Gasteiger partial charge in [0.1, 0.15) is 12.1 Å². The number of hydrogen-bond acceptors (Lipinski definition) is 6. The molecule has 1 aliphatic rings. The summed E-state index contributed by atoms with van der Waals surface area (Å²) in [4.78, 5) is 25.1. The second-order valence-corrected chi connectivity index (χ2v) is 6.36. The standard InChI is InChI=1S/C20H20N4O3/c1-26-17-8-15-16(9-18(17)27-2)21-12-22-20(15)24-13-23(11-19(24)25)10-14-6-4-3-5-7-14/h3-9,12H,10-11,13H2,1-2H3. The van der Waals surface area contributed by atoms with Crippen molar-refractivity contribution in [2.75, 3.05) is 32.3 Å². The molecule has 0 unspecified atom stereocenters. The van der Waals surface area contributed by atoms with Gasteiger partial charge < -0.3 is 9.47 Å². The predicted octanol–water partition coefficient (Wildman–Crippen LogP) is 2.45. The van der Waals surface area contributed by atoms with Gasteiger partial charge in [0, 0.05) is 18.0 Å². The van der Waals surface area contributed by atoms with Crippen molar-refractivity contribution < 1.29 is 14.3 Å². The van der Waals surface area contributed by atoms with E-state index in [2.05, 4.69) is 27.0 Å². The van der Waals surface area contributed by atoms with Crippen LogP contribution in [0.3, 0.4) is 0 Å². The van der Waals surface area contributed by atoms with Gasteiger partial charge in [-0.2, -0.15) is 0 Å². The van der Waals surface area contributed by atoms with Gasteiger partial charge in [-0.25, -0.2) is 9.97 Å². The van der Waals surface area contributed by atoms with Crippen molar-refractivity contribution in [3.8, 4) is 11.5 Å². The highest BCUT2D eigenvalue weighted by Gasteiger charge is 2.31. The minimum Gasteiger partial charge on any atom is -0.493 e. The summed E-state index contributed by atoms with van der Waals surface area (Å²) < 4.78 is 10.7. The number of methoxy groups -OCH3 is 2. The Morgan fingerprint density at radius 1 is 1.04 bits per heavy atom. The maximum Gasteiger partial charge on any atom is 0.243 e. The van der Waals surface area contributed by atoms with Gasteiger partial charge in [0.25, 0.3) is 0 Å². The summed E-state index contributed by atoms with van der Waals surface area (Å²) in [5.74, 6) is 1.77. The monoisotopic (exact) mass is 364 g/mol. The molecule has 2 heterocycles. The second kappa shape index (κ2) is 7.20. The zero-order valence-corrected chi connectivity index (χ0v) is 15.3. The topological polar surface area (TPSA) is 67.8 Å². The van der Waals surface area contributed by atoms with Gasteiger partial charge >= 0.3 is 0 Å². The summed E-state index contributed by atoms with van der Waals surface area (Å²) in [5.41, 5.74) is 1.87. The molecular weight excluding hydrogens is 344 g/mol. The molecule has 3 aromatic rings. The minimum absolute atomic E-state index is 0.0146. The Morgan fingerprint density at radius 3 is 2.52 bits per heavy atom. The van der Waals surface area contributed by atoms with Crippen molar-refractivity contribution in [3.63, 3.8) is 0 Å². The lowest BCUT2D eigenvalue weighted by molar-refractivity contribution is -0.116. The van der Waals surface area contributed by atoms with E-state index in [9.17, 15) is 4.79 Å². The lowest BCUT2D eigenvalue weighted by atomic mass is 10.2. The Morgan fingerprint density at radius 2 is 1.78 bits per heavy atom. The molecule has 2 aromatic carbocycles. The molecule has 1 saturated heterocycles. The third kappa shape index (κ3) is 3.29. The van der Waals surface area contributed by atoms with Crippen LogP contribution in [0, 0.1) is 0 Å². The zero-order chi connectivity index (χ0) is 18.8. The van der Waals surface area contributed by atoms with Crippen LogP contribution in [0.25, 0.3) is 10.9 Å². The van der Waals surface area contributed by atoms with Gasteiger partial charge in [0.2, 0.25) is 5.91 Å². The molecule has 27 heavy (non-hydrogen) atoms. The van der Waals surface area contributed by atoms with Gasteiger partial charge in [-0.3, -0.25) is 14.6 Å². The van der Waals surface area contributed by atoms with Gasteiger partial charge in [0.15, 0.2) is 11.5 Å². The zero-order valence-electron chi connectivity index (χ0n) is 15.3. The minimum atomic E-state index is 0.0146. The summed E-state index contributed by atoms with van der Waals surface area (Å²) in [5, 5.41) is 0.755. The third-order valence-corrected chi connectivity index (χ3v) is 4.63. The summed E-state index contributed by atoms with van der Waals surface area (Å²) in [6.07, 6.45) is 1.47. The predicted molar refractivity (Wildman–Crippen MR) is 102 cm³/mol. The molecule has 0 spiro atoms. The van der Waals surface area contributed by atoms with Crippen LogP contribution in [0.15, 0.2) is 48.8 Å². The van der Waals surface area contributed by atoms with Crippen molar-refractivity contribution >= 4 is 22.6 Å². The van der Waals surface area contributed by atoms with Crippen LogP contribution in [0.2, 0.25) is 0 Å². The number of rotatable bonds is 5. The fraction of sp³-hybridized carbons (Fsp3) is 0.250. The van der Waals surface area contributed by atoms with E-state index in [0.29, 0.717) is 42.6 Å². The Kier molecular flexibility index (Phi) is 4.60. The maximum atomic E-state index is 12.7. The van der Waals surface area contributed by atoms with E-state index in [0.717, 1.165) is 5.39 Å². The molecule has 0 bridgehead atoms. The highest BCUT2D eigenvalue weighted by molar-refractivity contribution is 6.03. The highest BCUT2D eigenvalue weighted by Crippen LogP contribution is 2.35. The van der Waals surface area contributed by atoms with Gasteiger partial charge in [-0.15, -0.1) is 0 Å². The fourth-order valence-electron chi connectivity index (χ4n) is 3.32. The molecular formula is C20H20N4O3. The molecule has 0 saturated carbocycles. The fourth-order valence-corrected chi connectivity index (χ4v) is 3.32. The summed E-state index contributed by atoms with van der Waals surface area (Å²) in [6.45, 7) is 1.55. The molecule has 0 N–H and O–H groups in total. The summed E-state index contributed by atoms with van der Waals surface area (Å²) in [7, 11) is 3.16. The van der Waals surface area contributed by atoms with Crippen LogP contribution in [0.1, 0.15) is 5.56 Å². The smallest absolute Gasteiger partial charge is 0.243 e. The first-order chi connectivity index (χ1) is 13.2. The molecule has 1 aromatic heterocycles. The molecule has 1 fully saturated rings. The first kappa shape index (κ1) is 17.2. The average Bonchev–Trinajstić information content (AvgIpc) is 3.06. The van der Waals surface area contributed by atoms with Crippen LogP contribution in [-0.4, -0.2) is 48.2 Å². The molecule has 0 aliphatic carbocycles. The van der Waals surface area contributed by atoms with Crippen molar-refractivity contribution in [2.45, 2.75) is 6.54 Å². The Bertz CT molecular complexity index is 978. The first-order valence-corrected chi connectivity index (χ1v) is 8.63. The van der Waals surface area contributed by atoms with E-state index in [1.54, 1.807) is 25.2 Å². The number of amides is 1. The number of carbonyl (C=O) groups is 1. The van der Waals surface area contributed by atoms with E-state index in [1.807, 2.05) is 24.3 Å². The van der Waals surface area contributed by atoms with Crippen molar-refractivity contribution in [1.82, 2.24) is 14.9 Å².